The highest BCUT2D eigenvalue weighted by atomic mass is 32.1. The van der Waals surface area contributed by atoms with E-state index in [-0.39, 0.29) is 5.91 Å². The lowest BCUT2D eigenvalue weighted by Crippen LogP contribution is -2.26. The van der Waals surface area contributed by atoms with Crippen LogP contribution in [-0.2, 0) is 11.2 Å². The Morgan fingerprint density at radius 3 is 2.53 bits per heavy atom. The van der Waals surface area contributed by atoms with Crippen molar-refractivity contribution in [3.05, 3.63) is 42.0 Å². The predicted molar refractivity (Wildman–Crippen MR) is 65.2 cm³/mol. The van der Waals surface area contributed by atoms with Gasteiger partial charge in [-0.25, -0.2) is 0 Å². The van der Waals surface area contributed by atoms with Crippen LogP contribution in [0.2, 0.25) is 0 Å². The Morgan fingerprint density at radius 1 is 1.40 bits per heavy atom. The van der Waals surface area contributed by atoms with E-state index >= 15 is 0 Å². The molecule has 0 saturated heterocycles. The van der Waals surface area contributed by atoms with Gasteiger partial charge in [-0.2, -0.15) is 0 Å². The van der Waals surface area contributed by atoms with Gasteiger partial charge in [0.15, 0.2) is 0 Å². The summed E-state index contributed by atoms with van der Waals surface area (Å²) >= 11 is 4.18. The summed E-state index contributed by atoms with van der Waals surface area (Å²) in [5.74, 6) is 0.0184. The van der Waals surface area contributed by atoms with E-state index in [9.17, 15) is 4.79 Å². The molecule has 0 aliphatic heterocycles. The number of hydrogen-bond donors (Lipinski definition) is 2. The van der Waals surface area contributed by atoms with E-state index in [4.69, 9.17) is 0 Å². The van der Waals surface area contributed by atoms with Crippen LogP contribution in [0, 0.1) is 0 Å². The molecule has 0 bridgehead atoms. The number of nitrogens with one attached hydrogen (secondary N) is 1. The maximum Gasteiger partial charge on any atom is 0.224 e. The van der Waals surface area contributed by atoms with Crippen molar-refractivity contribution in [2.45, 2.75) is 18.2 Å². The summed E-state index contributed by atoms with van der Waals surface area (Å²) in [6.45, 7) is 6.15. The van der Waals surface area contributed by atoms with E-state index in [2.05, 4.69) is 24.5 Å². The fourth-order valence-corrected chi connectivity index (χ4v) is 1.26. The number of thiol groups is 1. The molecule has 0 atom stereocenters. The van der Waals surface area contributed by atoms with Crippen LogP contribution in [0.3, 0.4) is 0 Å². The molecule has 1 aromatic rings. The van der Waals surface area contributed by atoms with Gasteiger partial charge < -0.3 is 5.32 Å². The first kappa shape index (κ1) is 11.9. The minimum absolute atomic E-state index is 0.0184. The van der Waals surface area contributed by atoms with Gasteiger partial charge in [-0.1, -0.05) is 24.3 Å². The summed E-state index contributed by atoms with van der Waals surface area (Å²) in [4.78, 5) is 12.3. The lowest BCUT2D eigenvalue weighted by molar-refractivity contribution is -0.120. The average molecular weight is 221 g/mol. The molecule has 2 nitrogen and oxygen atoms in total. The summed E-state index contributed by atoms with van der Waals surface area (Å²) in [6.07, 6.45) is 0.404. The fraction of sp³-hybridized carbons (Fsp3) is 0.250. The van der Waals surface area contributed by atoms with Crippen LogP contribution < -0.4 is 5.32 Å². The van der Waals surface area contributed by atoms with Gasteiger partial charge in [-0.3, -0.25) is 4.79 Å². The Labute approximate surface area is 95.8 Å². The van der Waals surface area contributed by atoms with E-state index in [1.54, 1.807) is 0 Å². The second-order valence-electron chi connectivity index (χ2n) is 3.58. The van der Waals surface area contributed by atoms with Crippen LogP contribution in [0.1, 0.15) is 12.5 Å². The van der Waals surface area contributed by atoms with Crippen molar-refractivity contribution in [1.29, 1.82) is 0 Å². The number of benzene rings is 1. The van der Waals surface area contributed by atoms with Crippen molar-refractivity contribution in [3.63, 3.8) is 0 Å². The second kappa shape index (κ2) is 5.61. The standard InChI is InChI=1S/C12H15NOS/c1-9(2)8-13-12(14)7-10-3-5-11(15)6-4-10/h3-6,15H,1,7-8H2,2H3,(H,13,14). The van der Waals surface area contributed by atoms with Crippen LogP contribution in [0.15, 0.2) is 41.3 Å². The van der Waals surface area contributed by atoms with Crippen LogP contribution in [0.5, 0.6) is 0 Å². The Balaban J connectivity index is 2.44. The number of carbonyl (C=O) groups is 1. The lowest BCUT2D eigenvalue weighted by Gasteiger charge is -2.04. The summed E-state index contributed by atoms with van der Waals surface area (Å²) in [6, 6.07) is 7.57. The molecule has 0 aliphatic rings. The van der Waals surface area contributed by atoms with Gasteiger partial charge in [-0.15, -0.1) is 12.6 Å². The van der Waals surface area contributed by atoms with E-state index in [0.29, 0.717) is 13.0 Å². The molecule has 0 fully saturated rings. The molecule has 0 aliphatic carbocycles. The van der Waals surface area contributed by atoms with E-state index in [1.165, 1.54) is 0 Å². The summed E-state index contributed by atoms with van der Waals surface area (Å²) in [7, 11) is 0. The molecule has 0 saturated carbocycles. The van der Waals surface area contributed by atoms with Gasteiger partial charge in [0.2, 0.25) is 5.91 Å². The maximum atomic E-state index is 11.4. The van der Waals surface area contributed by atoms with Gasteiger partial charge in [0.25, 0.3) is 0 Å². The molecule has 3 heteroatoms. The molecule has 1 rings (SSSR count). The average Bonchev–Trinajstić information content (AvgIpc) is 2.19. The smallest absolute Gasteiger partial charge is 0.224 e. The lowest BCUT2D eigenvalue weighted by atomic mass is 10.1. The van der Waals surface area contributed by atoms with Gasteiger partial charge in [0, 0.05) is 11.4 Å². The highest BCUT2D eigenvalue weighted by Gasteiger charge is 2.02. The number of hydrogen-bond acceptors (Lipinski definition) is 2. The molecule has 1 aromatic carbocycles. The molecule has 0 unspecified atom stereocenters. The SMILES string of the molecule is C=C(C)CNC(=O)Cc1ccc(S)cc1. The van der Waals surface area contributed by atoms with Gasteiger partial charge >= 0.3 is 0 Å². The maximum absolute atomic E-state index is 11.4. The zero-order chi connectivity index (χ0) is 11.3. The fourth-order valence-electron chi connectivity index (χ4n) is 1.11. The molecular weight excluding hydrogens is 206 g/mol. The monoisotopic (exact) mass is 221 g/mol. The zero-order valence-electron chi connectivity index (χ0n) is 8.79. The normalized spacial score (nSPS) is 9.73. The highest BCUT2D eigenvalue weighted by molar-refractivity contribution is 7.80. The Hall–Kier alpha value is -1.22. The number of amides is 1. The third kappa shape index (κ3) is 4.70. The quantitative estimate of drug-likeness (QED) is 0.592. The molecule has 80 valence electrons. The van der Waals surface area contributed by atoms with Gasteiger partial charge in [-0.05, 0) is 24.6 Å². The van der Waals surface area contributed by atoms with Crippen LogP contribution in [-0.4, -0.2) is 12.5 Å². The van der Waals surface area contributed by atoms with Gasteiger partial charge in [0.05, 0.1) is 6.42 Å². The first-order valence-electron chi connectivity index (χ1n) is 4.77. The van der Waals surface area contributed by atoms with Crippen LogP contribution in [0.4, 0.5) is 0 Å². The Bertz CT molecular complexity index is 356. The third-order valence-corrected chi connectivity index (χ3v) is 2.19. The van der Waals surface area contributed by atoms with Crippen molar-refractivity contribution in [2.75, 3.05) is 6.54 Å². The van der Waals surface area contributed by atoms with Crippen molar-refractivity contribution in [3.8, 4) is 0 Å². The van der Waals surface area contributed by atoms with Crippen molar-refractivity contribution < 1.29 is 4.79 Å². The van der Waals surface area contributed by atoms with Gasteiger partial charge in [0.1, 0.15) is 0 Å². The van der Waals surface area contributed by atoms with E-state index in [1.807, 2.05) is 31.2 Å². The topological polar surface area (TPSA) is 29.1 Å². The molecule has 0 aromatic heterocycles. The van der Waals surface area contributed by atoms with Crippen molar-refractivity contribution in [1.82, 2.24) is 5.32 Å². The summed E-state index contributed by atoms with van der Waals surface area (Å²) in [5, 5.41) is 2.79. The predicted octanol–water partition coefficient (Wildman–Crippen LogP) is 2.21. The first-order chi connectivity index (χ1) is 7.08. The number of rotatable bonds is 4. The van der Waals surface area contributed by atoms with Crippen molar-refractivity contribution in [2.24, 2.45) is 0 Å². The summed E-state index contributed by atoms with van der Waals surface area (Å²) in [5.41, 5.74) is 1.95. The molecule has 15 heavy (non-hydrogen) atoms. The zero-order valence-corrected chi connectivity index (χ0v) is 9.68. The molecule has 0 spiro atoms. The minimum Gasteiger partial charge on any atom is -0.352 e. The second-order valence-corrected chi connectivity index (χ2v) is 4.09. The van der Waals surface area contributed by atoms with E-state index < -0.39 is 0 Å². The number of carbonyl (C=O) groups excluding carboxylic acids is 1. The highest BCUT2D eigenvalue weighted by Crippen LogP contribution is 2.08. The van der Waals surface area contributed by atoms with Crippen LogP contribution >= 0.6 is 12.6 Å². The van der Waals surface area contributed by atoms with Crippen LogP contribution in [0.25, 0.3) is 0 Å². The Kier molecular flexibility index (Phi) is 4.43. The van der Waals surface area contributed by atoms with Crippen molar-refractivity contribution >= 4 is 18.5 Å². The summed E-state index contributed by atoms with van der Waals surface area (Å²) < 4.78 is 0. The molecule has 0 radical (unpaired) electrons. The molecular formula is C12H15NOS. The van der Waals surface area contributed by atoms with E-state index in [0.717, 1.165) is 16.0 Å². The Morgan fingerprint density at radius 2 is 2.00 bits per heavy atom. The molecule has 1 N–H and O–H groups in total. The molecule has 0 heterocycles. The largest absolute Gasteiger partial charge is 0.352 e. The third-order valence-electron chi connectivity index (χ3n) is 1.89. The first-order valence-corrected chi connectivity index (χ1v) is 5.21. The molecule has 1 amide bonds. The minimum atomic E-state index is 0.0184.